The van der Waals surface area contributed by atoms with E-state index < -0.39 is 0 Å². The van der Waals surface area contributed by atoms with Crippen molar-refractivity contribution < 1.29 is 4.79 Å². The van der Waals surface area contributed by atoms with Crippen LogP contribution >= 0.6 is 11.8 Å². The molecule has 0 spiro atoms. The summed E-state index contributed by atoms with van der Waals surface area (Å²) in [6.07, 6.45) is 0.400. The standard InChI is InChI=1S/C12H21N3OS/c1-8(2)7-15-10(4)9(3)14-12(15)17-6-5-11(13)16/h8H,5-7H2,1-4H3,(H2,13,16). The topological polar surface area (TPSA) is 60.9 Å². The minimum absolute atomic E-state index is 0.257. The molecule has 2 N–H and O–H groups in total. The lowest BCUT2D eigenvalue weighted by Gasteiger charge is -2.11. The van der Waals surface area contributed by atoms with Gasteiger partial charge in [0.25, 0.3) is 0 Å². The molecule has 0 atom stereocenters. The van der Waals surface area contributed by atoms with Crippen molar-refractivity contribution in [3.05, 3.63) is 11.4 Å². The van der Waals surface area contributed by atoms with E-state index in [9.17, 15) is 4.79 Å². The molecule has 96 valence electrons. The predicted molar refractivity (Wildman–Crippen MR) is 71.1 cm³/mol. The lowest BCUT2D eigenvalue weighted by Crippen LogP contribution is -2.12. The molecule has 0 aromatic carbocycles. The van der Waals surface area contributed by atoms with E-state index in [1.54, 1.807) is 11.8 Å². The van der Waals surface area contributed by atoms with Crippen molar-refractivity contribution in [3.63, 3.8) is 0 Å². The Labute approximate surface area is 107 Å². The van der Waals surface area contributed by atoms with Gasteiger partial charge in [0.15, 0.2) is 5.16 Å². The highest BCUT2D eigenvalue weighted by Crippen LogP contribution is 2.22. The molecule has 0 aliphatic heterocycles. The van der Waals surface area contributed by atoms with Crippen LogP contribution in [0.3, 0.4) is 0 Å². The highest BCUT2D eigenvalue weighted by molar-refractivity contribution is 7.99. The van der Waals surface area contributed by atoms with E-state index >= 15 is 0 Å². The second-order valence-corrected chi connectivity index (χ2v) is 5.70. The Morgan fingerprint density at radius 1 is 1.47 bits per heavy atom. The van der Waals surface area contributed by atoms with Crippen LogP contribution in [0.2, 0.25) is 0 Å². The molecule has 0 saturated carbocycles. The summed E-state index contributed by atoms with van der Waals surface area (Å²) in [7, 11) is 0. The zero-order valence-corrected chi connectivity index (χ0v) is 11.8. The summed E-state index contributed by atoms with van der Waals surface area (Å²) < 4.78 is 2.23. The van der Waals surface area contributed by atoms with Gasteiger partial charge >= 0.3 is 0 Å². The average molecular weight is 255 g/mol. The highest BCUT2D eigenvalue weighted by atomic mass is 32.2. The molecule has 0 aliphatic rings. The van der Waals surface area contributed by atoms with Crippen LogP contribution in [-0.4, -0.2) is 21.2 Å². The van der Waals surface area contributed by atoms with Gasteiger partial charge in [-0.1, -0.05) is 25.6 Å². The zero-order chi connectivity index (χ0) is 13.0. The van der Waals surface area contributed by atoms with Crippen LogP contribution in [0.4, 0.5) is 0 Å². The number of primary amides is 1. The Morgan fingerprint density at radius 3 is 2.65 bits per heavy atom. The molecule has 0 bridgehead atoms. The number of aryl methyl sites for hydroxylation is 1. The molecule has 0 fully saturated rings. The number of nitrogens with zero attached hydrogens (tertiary/aromatic N) is 2. The number of hydrogen-bond donors (Lipinski definition) is 1. The molecule has 0 saturated heterocycles. The van der Waals surface area contributed by atoms with Gasteiger partial charge in [-0.2, -0.15) is 0 Å². The minimum Gasteiger partial charge on any atom is -0.370 e. The number of carbonyl (C=O) groups excluding carboxylic acids is 1. The third-order valence-electron chi connectivity index (χ3n) is 2.55. The molecular formula is C12H21N3OS. The lowest BCUT2D eigenvalue weighted by molar-refractivity contribution is -0.117. The van der Waals surface area contributed by atoms with Crippen molar-refractivity contribution in [3.8, 4) is 0 Å². The number of thioether (sulfide) groups is 1. The van der Waals surface area contributed by atoms with Crippen LogP contribution in [0.1, 0.15) is 31.7 Å². The number of amides is 1. The SMILES string of the molecule is Cc1nc(SCCC(N)=O)n(CC(C)C)c1C. The van der Waals surface area contributed by atoms with Crippen molar-refractivity contribution in [1.82, 2.24) is 9.55 Å². The summed E-state index contributed by atoms with van der Waals surface area (Å²) in [6.45, 7) is 9.44. The van der Waals surface area contributed by atoms with Crippen molar-refractivity contribution >= 4 is 17.7 Å². The number of imidazole rings is 1. The maximum atomic E-state index is 10.7. The quantitative estimate of drug-likeness (QED) is 0.792. The summed E-state index contributed by atoms with van der Waals surface area (Å²) in [4.78, 5) is 15.2. The second-order valence-electron chi connectivity index (χ2n) is 4.63. The first kappa shape index (κ1) is 14.1. The monoisotopic (exact) mass is 255 g/mol. The molecule has 4 nitrogen and oxygen atoms in total. The fraction of sp³-hybridized carbons (Fsp3) is 0.667. The zero-order valence-electron chi connectivity index (χ0n) is 11.0. The van der Waals surface area contributed by atoms with E-state index in [0.29, 0.717) is 18.1 Å². The van der Waals surface area contributed by atoms with Crippen LogP contribution < -0.4 is 5.73 Å². The Kier molecular flexibility index (Phi) is 5.05. The maximum Gasteiger partial charge on any atom is 0.218 e. The smallest absolute Gasteiger partial charge is 0.218 e. The van der Waals surface area contributed by atoms with E-state index in [1.165, 1.54) is 5.69 Å². The molecule has 0 unspecified atom stereocenters. The van der Waals surface area contributed by atoms with Gasteiger partial charge in [0.1, 0.15) is 0 Å². The van der Waals surface area contributed by atoms with Gasteiger partial charge in [-0.3, -0.25) is 4.79 Å². The number of hydrogen-bond acceptors (Lipinski definition) is 3. The number of carbonyl (C=O) groups is 1. The van der Waals surface area contributed by atoms with E-state index in [-0.39, 0.29) is 5.91 Å². The first-order valence-corrected chi connectivity index (χ1v) is 6.85. The second kappa shape index (κ2) is 6.10. The molecule has 0 aliphatic carbocycles. The summed E-state index contributed by atoms with van der Waals surface area (Å²) >= 11 is 1.60. The minimum atomic E-state index is -0.257. The van der Waals surface area contributed by atoms with Crippen LogP contribution in [0.25, 0.3) is 0 Å². The summed E-state index contributed by atoms with van der Waals surface area (Å²) in [5, 5.41) is 0.995. The van der Waals surface area contributed by atoms with Crippen LogP contribution in [-0.2, 0) is 11.3 Å². The van der Waals surface area contributed by atoms with Crippen molar-refractivity contribution in [2.24, 2.45) is 11.7 Å². The van der Waals surface area contributed by atoms with Gasteiger partial charge in [-0.15, -0.1) is 0 Å². The number of aromatic nitrogens is 2. The van der Waals surface area contributed by atoms with Crippen LogP contribution in [0.5, 0.6) is 0 Å². The van der Waals surface area contributed by atoms with Crippen molar-refractivity contribution in [2.45, 2.75) is 45.8 Å². The third kappa shape index (κ3) is 4.07. The number of rotatable bonds is 6. The Hall–Kier alpha value is -0.970. The molecule has 17 heavy (non-hydrogen) atoms. The molecule has 1 aromatic rings. The van der Waals surface area contributed by atoms with Crippen LogP contribution in [0, 0.1) is 19.8 Å². The summed E-state index contributed by atoms with van der Waals surface area (Å²) in [5.41, 5.74) is 7.40. The lowest BCUT2D eigenvalue weighted by atomic mass is 10.2. The van der Waals surface area contributed by atoms with Gasteiger partial charge in [0, 0.05) is 24.4 Å². The van der Waals surface area contributed by atoms with E-state index in [2.05, 4.69) is 30.3 Å². The molecule has 1 rings (SSSR count). The Bertz CT molecular complexity index is 399. The van der Waals surface area contributed by atoms with Gasteiger partial charge in [-0.05, 0) is 19.8 Å². The molecule has 0 radical (unpaired) electrons. The fourth-order valence-electron chi connectivity index (χ4n) is 1.56. The maximum absolute atomic E-state index is 10.7. The predicted octanol–water partition coefficient (Wildman–Crippen LogP) is 2.12. The highest BCUT2D eigenvalue weighted by Gasteiger charge is 2.12. The van der Waals surface area contributed by atoms with Gasteiger partial charge in [-0.25, -0.2) is 4.98 Å². The van der Waals surface area contributed by atoms with Gasteiger partial charge in [0.2, 0.25) is 5.91 Å². The Morgan fingerprint density at radius 2 is 2.12 bits per heavy atom. The normalized spacial score (nSPS) is 11.1. The van der Waals surface area contributed by atoms with Crippen LogP contribution in [0.15, 0.2) is 5.16 Å². The summed E-state index contributed by atoms with van der Waals surface area (Å²) in [6, 6.07) is 0. The molecule has 1 aromatic heterocycles. The van der Waals surface area contributed by atoms with Gasteiger partial charge < -0.3 is 10.3 Å². The Balaban J connectivity index is 2.76. The summed E-state index contributed by atoms with van der Waals surface area (Å²) in [5.74, 6) is 1.02. The first-order chi connectivity index (χ1) is 7.91. The van der Waals surface area contributed by atoms with E-state index in [0.717, 1.165) is 17.4 Å². The molecular weight excluding hydrogens is 234 g/mol. The first-order valence-electron chi connectivity index (χ1n) is 5.86. The fourth-order valence-corrected chi connectivity index (χ4v) is 2.61. The molecule has 5 heteroatoms. The molecule has 1 heterocycles. The van der Waals surface area contributed by atoms with Crippen molar-refractivity contribution in [1.29, 1.82) is 0 Å². The van der Waals surface area contributed by atoms with E-state index in [4.69, 9.17) is 5.73 Å². The van der Waals surface area contributed by atoms with E-state index in [1.807, 2.05) is 6.92 Å². The largest absolute Gasteiger partial charge is 0.370 e. The van der Waals surface area contributed by atoms with Gasteiger partial charge in [0.05, 0.1) is 5.69 Å². The average Bonchev–Trinajstić information content (AvgIpc) is 2.45. The van der Waals surface area contributed by atoms with Crippen molar-refractivity contribution in [2.75, 3.05) is 5.75 Å². The molecule has 1 amide bonds. The third-order valence-corrected chi connectivity index (χ3v) is 3.53. The number of nitrogens with two attached hydrogens (primary N) is 1.